The van der Waals surface area contributed by atoms with E-state index in [-0.39, 0.29) is 11.7 Å². The Bertz CT molecular complexity index is 605. The van der Waals surface area contributed by atoms with Crippen LogP contribution in [0.5, 0.6) is 5.75 Å². The molecule has 0 spiro atoms. The maximum absolute atomic E-state index is 12.6. The van der Waals surface area contributed by atoms with Crippen LogP contribution >= 0.6 is 0 Å². The van der Waals surface area contributed by atoms with Crippen LogP contribution < -0.4 is 4.74 Å². The van der Waals surface area contributed by atoms with Gasteiger partial charge in [0.1, 0.15) is 5.75 Å². The third-order valence-corrected chi connectivity index (χ3v) is 3.80. The topological polar surface area (TPSA) is 55.0 Å². The molecule has 0 amide bonds. The van der Waals surface area contributed by atoms with Crippen LogP contribution in [0.25, 0.3) is 0 Å². The van der Waals surface area contributed by atoms with E-state index < -0.39 is 0 Å². The maximum atomic E-state index is 12.6. The first-order chi connectivity index (χ1) is 9.78. The van der Waals surface area contributed by atoms with Crippen LogP contribution in [0.1, 0.15) is 35.0 Å². The third-order valence-electron chi connectivity index (χ3n) is 3.80. The fourth-order valence-electron chi connectivity index (χ4n) is 2.79. The summed E-state index contributed by atoms with van der Waals surface area (Å²) < 4.78 is 5.49. The van der Waals surface area contributed by atoms with Gasteiger partial charge in [0, 0.05) is 24.1 Å². The summed E-state index contributed by atoms with van der Waals surface area (Å²) in [5, 5.41) is 0. The molecule has 20 heavy (non-hydrogen) atoms. The van der Waals surface area contributed by atoms with Gasteiger partial charge in [0.15, 0.2) is 5.78 Å². The number of fused-ring (bicyclic) bond motifs is 1. The third kappa shape index (κ3) is 2.46. The van der Waals surface area contributed by atoms with Crippen molar-refractivity contribution in [3.63, 3.8) is 0 Å². The molecule has 1 aromatic heterocycles. The number of carbonyl (C=O) groups excluding carboxylic acids is 1. The van der Waals surface area contributed by atoms with Crippen molar-refractivity contribution in [1.29, 1.82) is 0 Å². The van der Waals surface area contributed by atoms with E-state index in [9.17, 15) is 4.79 Å². The number of carbonyl (C=O) groups is 1. The van der Waals surface area contributed by atoms with Gasteiger partial charge in [0.05, 0.1) is 18.6 Å². The molecule has 4 heteroatoms. The van der Waals surface area contributed by atoms with E-state index in [4.69, 9.17) is 4.74 Å². The first-order valence-electron chi connectivity index (χ1n) is 7.05. The van der Waals surface area contributed by atoms with Crippen LogP contribution in [0.2, 0.25) is 0 Å². The van der Waals surface area contributed by atoms with Gasteiger partial charge in [0.25, 0.3) is 0 Å². The highest BCUT2D eigenvalue weighted by Crippen LogP contribution is 2.30. The molecular formula is C16H18N2O2. The standard InChI is InChI=1S/C16H18N2O2/c1-2-20-14-6-5-11-3-4-12(16(19)15(11)8-14)7-13-9-17-10-18-13/h5-6,8-10,12H,2-4,7H2,1H3,(H,17,18). The predicted octanol–water partition coefficient (Wildman–Crippen LogP) is 2.80. The molecule has 0 radical (unpaired) electrons. The molecule has 3 rings (SSSR count). The average Bonchev–Trinajstić information content (AvgIpc) is 2.96. The molecule has 2 aromatic rings. The Morgan fingerprint density at radius 3 is 3.10 bits per heavy atom. The molecule has 1 aromatic carbocycles. The van der Waals surface area contributed by atoms with Gasteiger partial charge in [-0.05, 0) is 37.5 Å². The van der Waals surface area contributed by atoms with Crippen molar-refractivity contribution in [3.8, 4) is 5.75 Å². The quantitative estimate of drug-likeness (QED) is 0.929. The minimum Gasteiger partial charge on any atom is -0.494 e. The summed E-state index contributed by atoms with van der Waals surface area (Å²) in [5.41, 5.74) is 2.91. The molecular weight excluding hydrogens is 252 g/mol. The zero-order valence-corrected chi connectivity index (χ0v) is 11.6. The summed E-state index contributed by atoms with van der Waals surface area (Å²) in [5.74, 6) is 1.03. The number of nitrogens with zero attached hydrogens (tertiary/aromatic N) is 1. The van der Waals surface area contributed by atoms with E-state index in [1.807, 2.05) is 31.3 Å². The fraction of sp³-hybridized carbons (Fsp3) is 0.375. The molecule has 1 unspecified atom stereocenters. The molecule has 1 aliphatic carbocycles. The van der Waals surface area contributed by atoms with E-state index in [0.717, 1.165) is 35.4 Å². The lowest BCUT2D eigenvalue weighted by Gasteiger charge is -2.23. The maximum Gasteiger partial charge on any atom is 0.166 e. The van der Waals surface area contributed by atoms with Crippen molar-refractivity contribution in [1.82, 2.24) is 9.97 Å². The first-order valence-corrected chi connectivity index (χ1v) is 7.05. The SMILES string of the molecule is CCOc1ccc2c(c1)C(=O)C(Cc1c[nH]cn1)CC2. The largest absolute Gasteiger partial charge is 0.494 e. The highest BCUT2D eigenvalue weighted by atomic mass is 16.5. The zero-order valence-electron chi connectivity index (χ0n) is 11.6. The number of Topliss-reactive ketones (excluding diaryl/α,β-unsaturated/α-hetero) is 1. The molecule has 0 fully saturated rings. The van der Waals surface area contributed by atoms with Gasteiger partial charge in [-0.15, -0.1) is 0 Å². The van der Waals surface area contributed by atoms with Crippen LogP contribution in [0, 0.1) is 5.92 Å². The second kappa shape index (κ2) is 5.49. The van der Waals surface area contributed by atoms with Gasteiger partial charge < -0.3 is 9.72 Å². The summed E-state index contributed by atoms with van der Waals surface area (Å²) in [4.78, 5) is 19.8. The molecule has 1 N–H and O–H groups in total. The van der Waals surface area contributed by atoms with Crippen LogP contribution in [0.4, 0.5) is 0 Å². The molecule has 4 nitrogen and oxygen atoms in total. The Hall–Kier alpha value is -2.10. The second-order valence-electron chi connectivity index (χ2n) is 5.12. The van der Waals surface area contributed by atoms with Gasteiger partial charge >= 0.3 is 0 Å². The van der Waals surface area contributed by atoms with Gasteiger partial charge in [-0.3, -0.25) is 4.79 Å². The van der Waals surface area contributed by atoms with Crippen LogP contribution in [-0.4, -0.2) is 22.4 Å². The molecule has 0 bridgehead atoms. The lowest BCUT2D eigenvalue weighted by molar-refractivity contribution is 0.0900. The number of aryl methyl sites for hydroxylation is 1. The summed E-state index contributed by atoms with van der Waals surface area (Å²) in [6.45, 7) is 2.56. The lowest BCUT2D eigenvalue weighted by Crippen LogP contribution is -2.24. The number of hydrogen-bond acceptors (Lipinski definition) is 3. The Balaban J connectivity index is 1.83. The van der Waals surface area contributed by atoms with Gasteiger partial charge in [-0.2, -0.15) is 0 Å². The zero-order chi connectivity index (χ0) is 13.9. The summed E-state index contributed by atoms with van der Waals surface area (Å²) in [6.07, 6.45) is 6.07. The second-order valence-corrected chi connectivity index (χ2v) is 5.12. The smallest absolute Gasteiger partial charge is 0.166 e. The number of imidazole rings is 1. The van der Waals surface area contributed by atoms with Crippen LogP contribution in [0.15, 0.2) is 30.7 Å². The number of hydrogen-bond donors (Lipinski definition) is 1. The van der Waals surface area contributed by atoms with Crippen molar-refractivity contribution in [2.45, 2.75) is 26.2 Å². The Morgan fingerprint density at radius 1 is 1.45 bits per heavy atom. The van der Waals surface area contributed by atoms with Crippen molar-refractivity contribution >= 4 is 5.78 Å². The van der Waals surface area contributed by atoms with Crippen LogP contribution in [-0.2, 0) is 12.8 Å². The molecule has 0 saturated carbocycles. The summed E-state index contributed by atoms with van der Waals surface area (Å²) in [7, 11) is 0. The Kier molecular flexibility index (Phi) is 3.54. The molecule has 0 saturated heterocycles. The number of benzene rings is 1. The first kappa shape index (κ1) is 12.9. The van der Waals surface area contributed by atoms with E-state index >= 15 is 0 Å². The predicted molar refractivity (Wildman–Crippen MR) is 76.0 cm³/mol. The molecule has 104 valence electrons. The van der Waals surface area contributed by atoms with Crippen molar-refractivity contribution in [2.24, 2.45) is 5.92 Å². The number of aromatic nitrogens is 2. The molecule has 1 aliphatic rings. The number of nitrogens with one attached hydrogen (secondary N) is 1. The number of H-pyrrole nitrogens is 1. The number of rotatable bonds is 4. The highest BCUT2D eigenvalue weighted by molar-refractivity contribution is 6.00. The lowest BCUT2D eigenvalue weighted by atomic mass is 9.80. The Morgan fingerprint density at radius 2 is 2.35 bits per heavy atom. The van der Waals surface area contributed by atoms with Crippen LogP contribution in [0.3, 0.4) is 0 Å². The summed E-state index contributed by atoms with van der Waals surface area (Å²) in [6, 6.07) is 5.85. The molecule has 1 heterocycles. The minimum absolute atomic E-state index is 0.0303. The highest BCUT2D eigenvalue weighted by Gasteiger charge is 2.28. The fourth-order valence-corrected chi connectivity index (χ4v) is 2.79. The number of ketones is 1. The molecule has 1 atom stereocenters. The Labute approximate surface area is 118 Å². The van der Waals surface area contributed by atoms with Gasteiger partial charge in [-0.25, -0.2) is 4.98 Å². The van der Waals surface area contributed by atoms with E-state index in [1.165, 1.54) is 0 Å². The average molecular weight is 270 g/mol. The normalized spacial score (nSPS) is 17.9. The number of aromatic amines is 1. The van der Waals surface area contributed by atoms with Gasteiger partial charge in [-0.1, -0.05) is 6.07 Å². The summed E-state index contributed by atoms with van der Waals surface area (Å²) >= 11 is 0. The van der Waals surface area contributed by atoms with Crippen molar-refractivity contribution in [2.75, 3.05) is 6.61 Å². The van der Waals surface area contributed by atoms with Gasteiger partial charge in [0.2, 0.25) is 0 Å². The van der Waals surface area contributed by atoms with Crippen molar-refractivity contribution < 1.29 is 9.53 Å². The number of ether oxygens (including phenoxy) is 1. The minimum atomic E-state index is 0.0303. The molecule has 0 aliphatic heterocycles. The van der Waals surface area contributed by atoms with E-state index in [0.29, 0.717) is 13.0 Å². The van der Waals surface area contributed by atoms with E-state index in [2.05, 4.69) is 9.97 Å². The monoisotopic (exact) mass is 270 g/mol. The van der Waals surface area contributed by atoms with E-state index in [1.54, 1.807) is 6.33 Å². The van der Waals surface area contributed by atoms with Crippen molar-refractivity contribution in [3.05, 3.63) is 47.5 Å².